The summed E-state index contributed by atoms with van der Waals surface area (Å²) in [4.78, 5) is 11.9. The van der Waals surface area contributed by atoms with Gasteiger partial charge >= 0.3 is 0 Å². The highest BCUT2D eigenvalue weighted by atomic mass is 16.6. The molecule has 0 spiro atoms. The molecule has 1 atom stereocenters. The molecule has 1 amide bonds. The molecule has 0 radical (unpaired) electrons. The van der Waals surface area contributed by atoms with Crippen LogP contribution in [0.5, 0.6) is 0 Å². The Morgan fingerprint density at radius 2 is 2.39 bits per heavy atom. The second-order valence-electron chi connectivity index (χ2n) is 4.33. The zero-order valence-corrected chi connectivity index (χ0v) is 10.4. The van der Waals surface area contributed by atoms with Gasteiger partial charge in [0.2, 0.25) is 0 Å². The van der Waals surface area contributed by atoms with Gasteiger partial charge < -0.3 is 20.5 Å². The maximum atomic E-state index is 11.9. The van der Waals surface area contributed by atoms with Crippen molar-refractivity contribution in [3.63, 3.8) is 0 Å². The Labute approximate surface area is 106 Å². The molecule has 1 heterocycles. The summed E-state index contributed by atoms with van der Waals surface area (Å²) in [6.07, 6.45) is -0.443. The van der Waals surface area contributed by atoms with Crippen molar-refractivity contribution in [3.05, 3.63) is 29.8 Å². The molecule has 5 nitrogen and oxygen atoms in total. The van der Waals surface area contributed by atoms with Crippen molar-refractivity contribution in [1.29, 1.82) is 0 Å². The molecular weight excluding hydrogens is 232 g/mol. The standard InChI is InChI=1S/C13H18N2O3/c1-9(18-12-7-17-8-12)13(16)15-11-4-2-3-10(5-11)6-14/h2-5,9,12H,6-8,14H2,1H3,(H,15,16). The molecule has 0 aromatic heterocycles. The highest BCUT2D eigenvalue weighted by molar-refractivity contribution is 5.93. The number of nitrogens with one attached hydrogen (secondary N) is 1. The van der Waals surface area contributed by atoms with E-state index in [1.54, 1.807) is 6.92 Å². The Bertz CT molecular complexity index is 418. The molecule has 0 aliphatic carbocycles. The van der Waals surface area contributed by atoms with Gasteiger partial charge in [0.1, 0.15) is 12.2 Å². The van der Waals surface area contributed by atoms with E-state index in [0.717, 1.165) is 11.3 Å². The van der Waals surface area contributed by atoms with E-state index < -0.39 is 6.10 Å². The van der Waals surface area contributed by atoms with Gasteiger partial charge in [0.15, 0.2) is 0 Å². The quantitative estimate of drug-likeness (QED) is 0.814. The zero-order valence-electron chi connectivity index (χ0n) is 10.4. The van der Waals surface area contributed by atoms with Crippen molar-refractivity contribution >= 4 is 11.6 Å². The van der Waals surface area contributed by atoms with Crippen LogP contribution in [0.4, 0.5) is 5.69 Å². The summed E-state index contributed by atoms with van der Waals surface area (Å²) in [5.41, 5.74) is 7.27. The first-order valence-corrected chi connectivity index (χ1v) is 6.02. The Kier molecular flexibility index (Phi) is 4.30. The third kappa shape index (κ3) is 3.29. The first kappa shape index (κ1) is 13.0. The summed E-state index contributed by atoms with van der Waals surface area (Å²) >= 11 is 0. The number of rotatable bonds is 5. The minimum absolute atomic E-state index is 0.0427. The predicted octanol–water partition coefficient (Wildman–Crippen LogP) is 0.888. The van der Waals surface area contributed by atoms with Crippen molar-refractivity contribution in [1.82, 2.24) is 0 Å². The summed E-state index contributed by atoms with van der Waals surface area (Å²) in [6.45, 7) is 3.33. The summed E-state index contributed by atoms with van der Waals surface area (Å²) in [5, 5.41) is 2.81. The van der Waals surface area contributed by atoms with Gasteiger partial charge in [-0.25, -0.2) is 0 Å². The Morgan fingerprint density at radius 3 is 3.00 bits per heavy atom. The molecule has 1 fully saturated rings. The summed E-state index contributed by atoms with van der Waals surface area (Å²) in [5.74, 6) is -0.156. The van der Waals surface area contributed by atoms with Crippen molar-refractivity contribution in [2.24, 2.45) is 5.73 Å². The average Bonchev–Trinajstić information content (AvgIpc) is 2.33. The number of ether oxygens (including phenoxy) is 2. The molecule has 1 aromatic carbocycles. The average molecular weight is 250 g/mol. The molecule has 5 heteroatoms. The van der Waals surface area contributed by atoms with Gasteiger partial charge in [0.05, 0.1) is 13.2 Å². The Morgan fingerprint density at radius 1 is 1.61 bits per heavy atom. The molecule has 1 aliphatic heterocycles. The van der Waals surface area contributed by atoms with Crippen LogP contribution in [0.15, 0.2) is 24.3 Å². The number of hydrogen-bond acceptors (Lipinski definition) is 4. The highest BCUT2D eigenvalue weighted by Gasteiger charge is 2.24. The number of benzene rings is 1. The Balaban J connectivity index is 1.88. The smallest absolute Gasteiger partial charge is 0.253 e. The molecule has 3 N–H and O–H groups in total. The first-order valence-electron chi connectivity index (χ1n) is 6.02. The molecule has 98 valence electrons. The minimum atomic E-state index is -0.486. The second-order valence-corrected chi connectivity index (χ2v) is 4.33. The molecule has 1 aliphatic rings. The van der Waals surface area contributed by atoms with E-state index in [2.05, 4.69) is 5.32 Å². The number of anilines is 1. The number of carbonyl (C=O) groups excluding carboxylic acids is 1. The van der Waals surface area contributed by atoms with E-state index in [-0.39, 0.29) is 12.0 Å². The zero-order chi connectivity index (χ0) is 13.0. The second kappa shape index (κ2) is 5.95. The van der Waals surface area contributed by atoms with Crippen molar-refractivity contribution in [3.8, 4) is 0 Å². The van der Waals surface area contributed by atoms with Gasteiger partial charge in [-0.1, -0.05) is 12.1 Å². The number of carbonyl (C=O) groups is 1. The highest BCUT2D eigenvalue weighted by Crippen LogP contribution is 2.13. The lowest BCUT2D eigenvalue weighted by molar-refractivity contribution is -0.161. The fourth-order valence-electron chi connectivity index (χ4n) is 1.66. The van der Waals surface area contributed by atoms with Crippen LogP contribution in [0.25, 0.3) is 0 Å². The molecule has 0 bridgehead atoms. The van der Waals surface area contributed by atoms with E-state index in [0.29, 0.717) is 19.8 Å². The molecule has 2 rings (SSSR count). The monoisotopic (exact) mass is 250 g/mol. The van der Waals surface area contributed by atoms with Crippen LogP contribution in [-0.4, -0.2) is 31.3 Å². The summed E-state index contributed by atoms with van der Waals surface area (Å²) < 4.78 is 10.5. The van der Waals surface area contributed by atoms with Crippen LogP contribution in [0.2, 0.25) is 0 Å². The van der Waals surface area contributed by atoms with Crippen molar-refractivity contribution in [2.45, 2.75) is 25.7 Å². The van der Waals surface area contributed by atoms with Crippen LogP contribution < -0.4 is 11.1 Å². The molecule has 1 unspecified atom stereocenters. The Hall–Kier alpha value is -1.43. The van der Waals surface area contributed by atoms with Gasteiger partial charge in [-0.3, -0.25) is 4.79 Å². The fraction of sp³-hybridized carbons (Fsp3) is 0.462. The van der Waals surface area contributed by atoms with Crippen LogP contribution >= 0.6 is 0 Å². The van der Waals surface area contributed by atoms with E-state index in [1.807, 2.05) is 24.3 Å². The van der Waals surface area contributed by atoms with Gasteiger partial charge in [0.25, 0.3) is 5.91 Å². The van der Waals surface area contributed by atoms with E-state index in [9.17, 15) is 4.79 Å². The number of amides is 1. The lowest BCUT2D eigenvalue weighted by Gasteiger charge is -2.28. The molecular formula is C13H18N2O3. The van der Waals surface area contributed by atoms with Crippen LogP contribution in [-0.2, 0) is 20.8 Å². The molecule has 1 aromatic rings. The van der Waals surface area contributed by atoms with Gasteiger partial charge in [0, 0.05) is 12.2 Å². The van der Waals surface area contributed by atoms with E-state index in [4.69, 9.17) is 15.2 Å². The maximum absolute atomic E-state index is 11.9. The normalized spacial score (nSPS) is 17.0. The summed E-state index contributed by atoms with van der Waals surface area (Å²) in [6, 6.07) is 7.47. The maximum Gasteiger partial charge on any atom is 0.253 e. The van der Waals surface area contributed by atoms with Crippen LogP contribution in [0, 0.1) is 0 Å². The number of nitrogens with two attached hydrogens (primary N) is 1. The lowest BCUT2D eigenvalue weighted by Crippen LogP contribution is -2.41. The van der Waals surface area contributed by atoms with Crippen molar-refractivity contribution < 1.29 is 14.3 Å². The third-order valence-electron chi connectivity index (χ3n) is 2.80. The SMILES string of the molecule is CC(OC1COC1)C(=O)Nc1cccc(CN)c1. The van der Waals surface area contributed by atoms with Crippen LogP contribution in [0.3, 0.4) is 0 Å². The fourth-order valence-corrected chi connectivity index (χ4v) is 1.66. The van der Waals surface area contributed by atoms with Gasteiger partial charge in [-0.15, -0.1) is 0 Å². The number of hydrogen-bond donors (Lipinski definition) is 2. The molecule has 1 saturated heterocycles. The van der Waals surface area contributed by atoms with Crippen molar-refractivity contribution in [2.75, 3.05) is 18.5 Å². The van der Waals surface area contributed by atoms with E-state index in [1.165, 1.54) is 0 Å². The lowest BCUT2D eigenvalue weighted by atomic mass is 10.2. The van der Waals surface area contributed by atoms with Gasteiger partial charge in [-0.05, 0) is 24.6 Å². The third-order valence-corrected chi connectivity index (χ3v) is 2.80. The minimum Gasteiger partial charge on any atom is -0.376 e. The first-order chi connectivity index (χ1) is 8.69. The summed E-state index contributed by atoms with van der Waals surface area (Å²) in [7, 11) is 0. The van der Waals surface area contributed by atoms with Crippen LogP contribution in [0.1, 0.15) is 12.5 Å². The van der Waals surface area contributed by atoms with E-state index >= 15 is 0 Å². The molecule has 18 heavy (non-hydrogen) atoms. The largest absolute Gasteiger partial charge is 0.376 e. The molecule has 0 saturated carbocycles. The topological polar surface area (TPSA) is 73.6 Å². The predicted molar refractivity (Wildman–Crippen MR) is 68.1 cm³/mol. The van der Waals surface area contributed by atoms with Gasteiger partial charge in [-0.2, -0.15) is 0 Å².